The highest BCUT2D eigenvalue weighted by Gasteiger charge is 2.36. The fraction of sp³-hybridized carbons (Fsp3) is 0.857. The minimum atomic E-state index is -0.734. The number of carbonyl (C=O) groups excluding carboxylic acids is 2. The largest absolute Gasteiger partial charge is 0.393 e. The smallest absolute Gasteiger partial charge is 0.226 e. The molecule has 0 aromatic heterocycles. The summed E-state index contributed by atoms with van der Waals surface area (Å²) in [6, 6.07) is 0. The number of Topliss-reactive ketones (excluding diaryl/α,β-unsaturated/α-hetero) is 1. The predicted octanol–water partition coefficient (Wildman–Crippen LogP) is -2.14. The van der Waals surface area contributed by atoms with Gasteiger partial charge in [-0.1, -0.05) is 0 Å². The van der Waals surface area contributed by atoms with Crippen LogP contribution < -0.4 is 10.6 Å². The lowest BCUT2D eigenvalue weighted by Crippen LogP contribution is -3.14. The van der Waals surface area contributed by atoms with Crippen molar-refractivity contribution in [3.8, 4) is 0 Å². The number of ketones is 1. The molecule has 0 aromatic carbocycles. The van der Waals surface area contributed by atoms with Crippen LogP contribution in [-0.2, 0) is 9.59 Å². The van der Waals surface area contributed by atoms with E-state index in [2.05, 4.69) is 0 Å². The van der Waals surface area contributed by atoms with Crippen molar-refractivity contribution in [1.82, 2.24) is 0 Å². The van der Waals surface area contributed by atoms with Crippen LogP contribution in [0, 0.1) is 11.8 Å². The molecule has 0 aromatic rings. The first-order chi connectivity index (χ1) is 9.47. The first-order valence-electron chi connectivity index (χ1n) is 7.49. The topological polar surface area (TPSA) is 105 Å². The van der Waals surface area contributed by atoms with E-state index in [9.17, 15) is 19.8 Å². The van der Waals surface area contributed by atoms with Crippen LogP contribution in [0.2, 0.25) is 0 Å². The van der Waals surface area contributed by atoms with Gasteiger partial charge in [-0.15, -0.1) is 0 Å². The minimum absolute atomic E-state index is 0.0459. The summed E-state index contributed by atoms with van der Waals surface area (Å²) >= 11 is 0. The number of aliphatic hydroxyl groups excluding tert-OH is 2. The van der Waals surface area contributed by atoms with Gasteiger partial charge in [0.25, 0.3) is 0 Å². The monoisotopic (exact) mass is 285 g/mol. The molecule has 6 nitrogen and oxygen atoms in total. The molecule has 1 heterocycles. The molecule has 0 radical (unpaired) electrons. The normalized spacial score (nSPS) is 38.4. The first kappa shape index (κ1) is 15.4. The van der Waals surface area contributed by atoms with E-state index < -0.39 is 12.2 Å². The van der Waals surface area contributed by atoms with Gasteiger partial charge in [0.2, 0.25) is 5.91 Å². The number of amides is 1. The zero-order chi connectivity index (χ0) is 14.7. The summed E-state index contributed by atoms with van der Waals surface area (Å²) in [7, 11) is 0. The summed E-state index contributed by atoms with van der Waals surface area (Å²) in [4.78, 5) is 24.6. The Labute approximate surface area is 118 Å². The molecule has 1 amide bonds. The van der Waals surface area contributed by atoms with Crippen molar-refractivity contribution in [1.29, 1.82) is 0 Å². The molecule has 5 atom stereocenters. The summed E-state index contributed by atoms with van der Waals surface area (Å²) in [6.07, 6.45) is 1.90. The molecule has 2 fully saturated rings. The van der Waals surface area contributed by atoms with E-state index in [1.807, 2.05) is 0 Å². The molecule has 1 saturated heterocycles. The molecule has 5 unspecified atom stereocenters. The van der Waals surface area contributed by atoms with Crippen LogP contribution in [0.5, 0.6) is 0 Å². The fourth-order valence-electron chi connectivity index (χ4n) is 3.43. The van der Waals surface area contributed by atoms with E-state index in [0.717, 1.165) is 24.3 Å². The average Bonchev–Trinajstić information content (AvgIpc) is 2.38. The fourth-order valence-corrected chi connectivity index (χ4v) is 3.43. The number of hydrogen-bond acceptors (Lipinski definition) is 4. The quantitative estimate of drug-likeness (QED) is 0.473. The highest BCUT2D eigenvalue weighted by atomic mass is 16.3. The maximum Gasteiger partial charge on any atom is 0.226 e. The summed E-state index contributed by atoms with van der Waals surface area (Å²) in [5, 5.41) is 19.4. The van der Waals surface area contributed by atoms with Crippen molar-refractivity contribution in [3.63, 3.8) is 0 Å². The predicted molar refractivity (Wildman–Crippen MR) is 71.8 cm³/mol. The lowest BCUT2D eigenvalue weighted by atomic mass is 9.82. The SMILES string of the molecule is NC(=O)C1CCC[NH+](CC(=O)C2CCC(O)CC2O)C1. The second-order valence-electron chi connectivity index (χ2n) is 6.23. The number of nitrogens with one attached hydrogen (secondary N) is 1. The highest BCUT2D eigenvalue weighted by molar-refractivity contribution is 5.82. The van der Waals surface area contributed by atoms with E-state index in [-0.39, 0.29) is 29.9 Å². The zero-order valence-electron chi connectivity index (χ0n) is 11.8. The maximum atomic E-state index is 12.3. The highest BCUT2D eigenvalue weighted by Crippen LogP contribution is 2.25. The molecule has 2 aliphatic rings. The Morgan fingerprint density at radius 3 is 2.60 bits per heavy atom. The van der Waals surface area contributed by atoms with Gasteiger partial charge < -0.3 is 20.8 Å². The molecule has 6 heteroatoms. The number of piperidine rings is 1. The van der Waals surface area contributed by atoms with Gasteiger partial charge in [-0.25, -0.2) is 0 Å². The van der Waals surface area contributed by atoms with Crippen molar-refractivity contribution in [2.75, 3.05) is 19.6 Å². The summed E-state index contributed by atoms with van der Waals surface area (Å²) in [5.41, 5.74) is 5.34. The van der Waals surface area contributed by atoms with Crippen LogP contribution >= 0.6 is 0 Å². The van der Waals surface area contributed by atoms with Gasteiger partial charge in [0, 0.05) is 5.92 Å². The molecular formula is C14H25N2O4+. The van der Waals surface area contributed by atoms with Gasteiger partial charge >= 0.3 is 0 Å². The Kier molecular flexibility index (Phi) is 5.12. The van der Waals surface area contributed by atoms with E-state index in [1.54, 1.807) is 0 Å². The van der Waals surface area contributed by atoms with Crippen molar-refractivity contribution in [2.45, 2.75) is 44.3 Å². The van der Waals surface area contributed by atoms with Gasteiger partial charge in [0.05, 0.1) is 31.2 Å². The van der Waals surface area contributed by atoms with E-state index >= 15 is 0 Å². The van der Waals surface area contributed by atoms with Crippen LogP contribution in [0.25, 0.3) is 0 Å². The summed E-state index contributed by atoms with van der Waals surface area (Å²) in [5.74, 6) is -0.732. The number of rotatable bonds is 4. The van der Waals surface area contributed by atoms with Crippen LogP contribution in [0.15, 0.2) is 0 Å². The number of aliphatic hydroxyl groups is 2. The van der Waals surface area contributed by atoms with E-state index in [1.165, 1.54) is 0 Å². The zero-order valence-corrected chi connectivity index (χ0v) is 11.8. The average molecular weight is 285 g/mol. The first-order valence-corrected chi connectivity index (χ1v) is 7.49. The van der Waals surface area contributed by atoms with Gasteiger partial charge in [0.1, 0.15) is 6.54 Å². The Bertz CT molecular complexity index is 374. The van der Waals surface area contributed by atoms with Crippen molar-refractivity contribution in [2.24, 2.45) is 17.6 Å². The van der Waals surface area contributed by atoms with Crippen LogP contribution in [-0.4, -0.2) is 53.7 Å². The Balaban J connectivity index is 1.86. The van der Waals surface area contributed by atoms with Crippen molar-refractivity contribution >= 4 is 11.7 Å². The van der Waals surface area contributed by atoms with Crippen LogP contribution in [0.4, 0.5) is 0 Å². The van der Waals surface area contributed by atoms with E-state index in [4.69, 9.17) is 5.73 Å². The van der Waals surface area contributed by atoms with Gasteiger partial charge in [-0.05, 0) is 32.1 Å². The molecule has 1 aliphatic carbocycles. The number of quaternary nitrogens is 1. The molecule has 2 rings (SSSR count). The third-order valence-corrected chi connectivity index (χ3v) is 4.65. The van der Waals surface area contributed by atoms with Gasteiger partial charge in [0.15, 0.2) is 5.78 Å². The van der Waals surface area contributed by atoms with Crippen LogP contribution in [0.1, 0.15) is 32.1 Å². The molecule has 0 bridgehead atoms. The standard InChI is InChI=1S/C14H24N2O4/c15-14(20)9-2-1-5-16(7-9)8-13(19)11-4-3-10(17)6-12(11)18/h9-12,17-18H,1-8H2,(H2,15,20)/p+1. The molecule has 20 heavy (non-hydrogen) atoms. The third kappa shape index (κ3) is 3.77. The van der Waals surface area contributed by atoms with Crippen molar-refractivity contribution in [3.05, 3.63) is 0 Å². The summed E-state index contributed by atoms with van der Waals surface area (Å²) < 4.78 is 0. The Morgan fingerprint density at radius 2 is 1.95 bits per heavy atom. The van der Waals surface area contributed by atoms with Gasteiger partial charge in [-0.3, -0.25) is 9.59 Å². The number of hydrogen-bond donors (Lipinski definition) is 4. The second-order valence-corrected chi connectivity index (χ2v) is 6.23. The molecule has 1 saturated carbocycles. The molecule has 5 N–H and O–H groups in total. The Morgan fingerprint density at radius 1 is 1.20 bits per heavy atom. The second kappa shape index (κ2) is 6.65. The van der Waals surface area contributed by atoms with E-state index in [0.29, 0.717) is 25.9 Å². The van der Waals surface area contributed by atoms with Gasteiger partial charge in [-0.2, -0.15) is 0 Å². The number of likely N-dealkylation sites (tertiary alicyclic amines) is 1. The van der Waals surface area contributed by atoms with Crippen molar-refractivity contribution < 1.29 is 24.7 Å². The molecule has 1 aliphatic heterocycles. The lowest BCUT2D eigenvalue weighted by Gasteiger charge is -2.32. The summed E-state index contributed by atoms with van der Waals surface area (Å²) in [6.45, 7) is 1.84. The molecule has 0 spiro atoms. The molecule has 114 valence electrons. The minimum Gasteiger partial charge on any atom is -0.393 e. The molecular weight excluding hydrogens is 260 g/mol. The third-order valence-electron chi connectivity index (χ3n) is 4.65. The number of nitrogens with two attached hydrogens (primary N) is 1. The maximum absolute atomic E-state index is 12.3. The number of carbonyl (C=O) groups is 2. The number of primary amides is 1. The Hall–Kier alpha value is -0.980. The lowest BCUT2D eigenvalue weighted by molar-refractivity contribution is -0.899. The van der Waals surface area contributed by atoms with Crippen LogP contribution in [0.3, 0.4) is 0 Å².